The Morgan fingerprint density at radius 1 is 1.35 bits per heavy atom. The zero-order chi connectivity index (χ0) is 14.7. The van der Waals surface area contributed by atoms with Crippen LogP contribution >= 0.6 is 38.5 Å². The molecule has 0 saturated heterocycles. The number of aryl methyl sites for hydroxylation is 1. The van der Waals surface area contributed by atoms with E-state index in [1.165, 1.54) is 0 Å². The maximum atomic E-state index is 12.3. The Morgan fingerprint density at radius 3 is 2.80 bits per heavy atom. The van der Waals surface area contributed by atoms with Crippen LogP contribution in [0, 0.1) is 21.8 Å². The first-order chi connectivity index (χ1) is 9.52. The van der Waals surface area contributed by atoms with Crippen molar-refractivity contribution in [1.29, 1.82) is 5.26 Å². The fourth-order valence-corrected chi connectivity index (χ4v) is 2.70. The van der Waals surface area contributed by atoms with Crippen molar-refractivity contribution < 1.29 is 4.79 Å². The number of nitriles is 1. The summed E-state index contributed by atoms with van der Waals surface area (Å²) < 4.78 is 1.72. The number of nitrogens with one attached hydrogen (secondary N) is 1. The maximum Gasteiger partial charge on any atom is 0.256 e. The van der Waals surface area contributed by atoms with E-state index in [0.29, 0.717) is 16.8 Å². The molecular formula is C15H10BrIN2O. The molecule has 1 amide bonds. The van der Waals surface area contributed by atoms with Gasteiger partial charge in [-0.15, -0.1) is 0 Å². The summed E-state index contributed by atoms with van der Waals surface area (Å²) in [6, 6.07) is 12.8. The van der Waals surface area contributed by atoms with Crippen LogP contribution in [0.3, 0.4) is 0 Å². The van der Waals surface area contributed by atoms with Crippen molar-refractivity contribution in [2.45, 2.75) is 6.92 Å². The molecule has 0 unspecified atom stereocenters. The van der Waals surface area contributed by atoms with Gasteiger partial charge in [-0.05, 0) is 59.3 Å². The van der Waals surface area contributed by atoms with Crippen LogP contribution in [0.15, 0.2) is 40.9 Å². The third kappa shape index (κ3) is 3.19. The van der Waals surface area contributed by atoms with Gasteiger partial charge in [0.05, 0.1) is 16.8 Å². The number of carbonyl (C=O) groups excluding carboxylic acids is 1. The summed E-state index contributed by atoms with van der Waals surface area (Å²) >= 11 is 5.46. The van der Waals surface area contributed by atoms with E-state index in [9.17, 15) is 4.79 Å². The fourth-order valence-electron chi connectivity index (χ4n) is 1.73. The average molecular weight is 441 g/mol. The van der Waals surface area contributed by atoms with Crippen molar-refractivity contribution in [3.05, 3.63) is 61.1 Å². The number of halogens is 2. The van der Waals surface area contributed by atoms with Crippen LogP contribution in [0.5, 0.6) is 0 Å². The molecule has 20 heavy (non-hydrogen) atoms. The highest BCUT2D eigenvalue weighted by molar-refractivity contribution is 14.1. The lowest BCUT2D eigenvalue weighted by molar-refractivity contribution is 0.102. The van der Waals surface area contributed by atoms with E-state index in [2.05, 4.69) is 49.9 Å². The Hall–Kier alpha value is -1.39. The maximum absolute atomic E-state index is 12.3. The van der Waals surface area contributed by atoms with Crippen LogP contribution in [-0.2, 0) is 0 Å². The molecule has 5 heteroatoms. The van der Waals surface area contributed by atoms with Gasteiger partial charge in [0.25, 0.3) is 5.91 Å². The highest BCUT2D eigenvalue weighted by Crippen LogP contribution is 2.22. The summed E-state index contributed by atoms with van der Waals surface area (Å²) in [5, 5.41) is 11.9. The molecule has 0 spiro atoms. The predicted octanol–water partition coefficient (Wildman–Crippen LogP) is 4.49. The molecule has 0 saturated carbocycles. The Labute approximate surface area is 139 Å². The van der Waals surface area contributed by atoms with Crippen LogP contribution < -0.4 is 5.32 Å². The van der Waals surface area contributed by atoms with Gasteiger partial charge < -0.3 is 5.32 Å². The SMILES string of the molecule is Cc1cccc(C(=O)Nc2ccc(Br)cc2C#N)c1I. The molecule has 0 fully saturated rings. The third-order valence-electron chi connectivity index (χ3n) is 2.79. The van der Waals surface area contributed by atoms with Crippen molar-refractivity contribution in [2.24, 2.45) is 0 Å². The van der Waals surface area contributed by atoms with Gasteiger partial charge in [-0.25, -0.2) is 0 Å². The van der Waals surface area contributed by atoms with Crippen molar-refractivity contribution in [3.8, 4) is 6.07 Å². The van der Waals surface area contributed by atoms with E-state index in [0.717, 1.165) is 13.6 Å². The normalized spacial score (nSPS) is 9.90. The Balaban J connectivity index is 2.33. The lowest BCUT2D eigenvalue weighted by Gasteiger charge is -2.10. The second-order valence-corrected chi connectivity index (χ2v) is 6.19. The van der Waals surface area contributed by atoms with Gasteiger partial charge in [0, 0.05) is 8.04 Å². The van der Waals surface area contributed by atoms with Crippen molar-refractivity contribution in [1.82, 2.24) is 0 Å². The average Bonchev–Trinajstić information content (AvgIpc) is 2.43. The molecule has 2 aromatic rings. The lowest BCUT2D eigenvalue weighted by Crippen LogP contribution is -2.14. The van der Waals surface area contributed by atoms with Gasteiger partial charge in [0.2, 0.25) is 0 Å². The second kappa shape index (κ2) is 6.37. The number of nitrogens with zero attached hydrogens (tertiary/aromatic N) is 1. The predicted molar refractivity (Wildman–Crippen MR) is 90.7 cm³/mol. The van der Waals surface area contributed by atoms with Gasteiger partial charge in [0.15, 0.2) is 0 Å². The van der Waals surface area contributed by atoms with E-state index in [-0.39, 0.29) is 5.91 Å². The van der Waals surface area contributed by atoms with Crippen LogP contribution in [0.1, 0.15) is 21.5 Å². The fraction of sp³-hybridized carbons (Fsp3) is 0.0667. The summed E-state index contributed by atoms with van der Waals surface area (Å²) in [6.07, 6.45) is 0. The number of rotatable bonds is 2. The van der Waals surface area contributed by atoms with Crippen LogP contribution in [0.4, 0.5) is 5.69 Å². The zero-order valence-corrected chi connectivity index (χ0v) is 14.3. The standard InChI is InChI=1S/C15H10BrIN2O/c1-9-3-2-4-12(14(9)17)15(20)19-13-6-5-11(16)7-10(13)8-18/h2-7H,1H3,(H,19,20). The number of benzene rings is 2. The van der Waals surface area contributed by atoms with Crippen LogP contribution in [0.25, 0.3) is 0 Å². The van der Waals surface area contributed by atoms with Gasteiger partial charge in [0.1, 0.15) is 6.07 Å². The Morgan fingerprint density at radius 2 is 2.10 bits per heavy atom. The molecule has 0 aliphatic heterocycles. The van der Waals surface area contributed by atoms with Gasteiger partial charge in [-0.3, -0.25) is 4.79 Å². The van der Waals surface area contributed by atoms with E-state index >= 15 is 0 Å². The summed E-state index contributed by atoms with van der Waals surface area (Å²) in [6.45, 7) is 1.96. The first kappa shape index (κ1) is 15.0. The number of amides is 1. The van der Waals surface area contributed by atoms with Crippen LogP contribution in [-0.4, -0.2) is 5.91 Å². The highest BCUT2D eigenvalue weighted by Gasteiger charge is 2.13. The van der Waals surface area contributed by atoms with E-state index in [1.807, 2.05) is 19.1 Å². The van der Waals surface area contributed by atoms with E-state index < -0.39 is 0 Å². The molecule has 0 aliphatic rings. The highest BCUT2D eigenvalue weighted by atomic mass is 127. The third-order valence-corrected chi connectivity index (χ3v) is 4.71. The van der Waals surface area contributed by atoms with Crippen LogP contribution in [0.2, 0.25) is 0 Å². The number of hydrogen-bond acceptors (Lipinski definition) is 2. The summed E-state index contributed by atoms with van der Waals surface area (Å²) in [4.78, 5) is 12.3. The zero-order valence-electron chi connectivity index (χ0n) is 10.6. The van der Waals surface area contributed by atoms with E-state index in [1.54, 1.807) is 24.3 Å². The van der Waals surface area contributed by atoms with Gasteiger partial charge >= 0.3 is 0 Å². The molecule has 100 valence electrons. The minimum absolute atomic E-state index is 0.211. The number of anilines is 1. The molecule has 0 heterocycles. The van der Waals surface area contributed by atoms with Crippen molar-refractivity contribution in [3.63, 3.8) is 0 Å². The Bertz CT molecular complexity index is 722. The Kier molecular flexibility index (Phi) is 4.78. The summed E-state index contributed by atoms with van der Waals surface area (Å²) in [5.41, 5.74) is 2.60. The number of hydrogen-bond donors (Lipinski definition) is 1. The monoisotopic (exact) mass is 440 g/mol. The largest absolute Gasteiger partial charge is 0.321 e. The molecule has 2 aromatic carbocycles. The molecule has 0 aliphatic carbocycles. The minimum Gasteiger partial charge on any atom is -0.321 e. The van der Waals surface area contributed by atoms with Crippen molar-refractivity contribution >= 4 is 50.1 Å². The summed E-state index contributed by atoms with van der Waals surface area (Å²) in [5.74, 6) is -0.211. The molecule has 3 nitrogen and oxygen atoms in total. The topological polar surface area (TPSA) is 52.9 Å². The number of carbonyl (C=O) groups is 1. The molecule has 2 rings (SSSR count). The second-order valence-electron chi connectivity index (χ2n) is 4.19. The molecule has 0 atom stereocenters. The molecule has 1 N–H and O–H groups in total. The van der Waals surface area contributed by atoms with Gasteiger partial charge in [-0.2, -0.15) is 5.26 Å². The smallest absolute Gasteiger partial charge is 0.256 e. The van der Waals surface area contributed by atoms with Crippen molar-refractivity contribution in [2.75, 3.05) is 5.32 Å². The molecular weight excluding hydrogens is 431 g/mol. The van der Waals surface area contributed by atoms with E-state index in [4.69, 9.17) is 5.26 Å². The summed E-state index contributed by atoms with van der Waals surface area (Å²) in [7, 11) is 0. The quantitative estimate of drug-likeness (QED) is 0.699. The first-order valence-electron chi connectivity index (χ1n) is 5.79. The minimum atomic E-state index is -0.211. The first-order valence-corrected chi connectivity index (χ1v) is 7.66. The lowest BCUT2D eigenvalue weighted by atomic mass is 10.1. The molecule has 0 bridgehead atoms. The molecule has 0 radical (unpaired) electrons. The van der Waals surface area contributed by atoms with Gasteiger partial charge in [-0.1, -0.05) is 28.1 Å². The molecule has 0 aromatic heterocycles.